The van der Waals surface area contributed by atoms with Crippen LogP contribution in [0.25, 0.3) is 10.9 Å². The van der Waals surface area contributed by atoms with Crippen molar-refractivity contribution in [2.45, 2.75) is 26.7 Å². The molecule has 2 N–H and O–H groups in total. The van der Waals surface area contributed by atoms with E-state index >= 15 is 0 Å². The minimum Gasteiger partial charge on any atom is -0.463 e. The highest BCUT2D eigenvalue weighted by Gasteiger charge is 2.29. The van der Waals surface area contributed by atoms with Crippen LogP contribution in [0.15, 0.2) is 40.7 Å². The maximum Gasteiger partial charge on any atom is 0.432 e. The number of hydrogen-bond donors (Lipinski definition) is 2. The first-order valence-corrected chi connectivity index (χ1v) is 7.60. The number of aryl methyl sites for hydroxylation is 1. The molecule has 3 rings (SSSR count). The summed E-state index contributed by atoms with van der Waals surface area (Å²) >= 11 is 0. The fraction of sp³-hybridized carbons (Fsp3) is 0.222. The lowest BCUT2D eigenvalue weighted by Gasteiger charge is -2.26. The van der Waals surface area contributed by atoms with E-state index in [-0.39, 0.29) is 0 Å². The molecule has 1 aromatic heterocycles. The number of nitrogens with one attached hydrogen (secondary N) is 1. The topological polar surface area (TPSA) is 115 Å². The average Bonchev–Trinajstić information content (AvgIpc) is 2.91. The molecule has 0 aliphatic carbocycles. The number of hydrogen-bond acceptors (Lipinski definition) is 5. The molecule has 1 aromatic carbocycles. The summed E-state index contributed by atoms with van der Waals surface area (Å²) in [6.07, 6.45) is -1.16. The van der Waals surface area contributed by atoms with Crippen molar-refractivity contribution in [3.8, 4) is 12.1 Å². The molecule has 1 aliphatic rings. The van der Waals surface area contributed by atoms with Gasteiger partial charge in [-0.05, 0) is 38.5 Å². The summed E-state index contributed by atoms with van der Waals surface area (Å²) in [6, 6.07) is 9.59. The Hall–Kier alpha value is -3.58. The SMILES string of the molecule is CC1=C(C#N)C(c2ccc3c(c2)c(C)nn3C(=O)O)C(C#N)=C(C)N1. The number of carbonyl (C=O) groups is 1. The van der Waals surface area contributed by atoms with Crippen LogP contribution in [0, 0.1) is 29.6 Å². The quantitative estimate of drug-likeness (QED) is 0.828. The van der Waals surface area contributed by atoms with E-state index in [1.807, 2.05) is 6.07 Å². The fourth-order valence-corrected chi connectivity index (χ4v) is 3.23. The molecular weight excluding hydrogens is 318 g/mol. The number of fused-ring (bicyclic) bond motifs is 1. The third-order valence-corrected chi connectivity index (χ3v) is 4.40. The van der Waals surface area contributed by atoms with Crippen molar-refractivity contribution < 1.29 is 9.90 Å². The first-order chi connectivity index (χ1) is 11.9. The van der Waals surface area contributed by atoms with Crippen LogP contribution in [0.5, 0.6) is 0 Å². The van der Waals surface area contributed by atoms with Gasteiger partial charge < -0.3 is 10.4 Å². The van der Waals surface area contributed by atoms with Crippen LogP contribution in [-0.4, -0.2) is 21.0 Å². The van der Waals surface area contributed by atoms with Crippen LogP contribution in [0.1, 0.15) is 31.0 Å². The van der Waals surface area contributed by atoms with Crippen LogP contribution in [0.2, 0.25) is 0 Å². The van der Waals surface area contributed by atoms with Crippen LogP contribution >= 0.6 is 0 Å². The Kier molecular flexibility index (Phi) is 3.78. The summed E-state index contributed by atoms with van der Waals surface area (Å²) in [7, 11) is 0. The highest BCUT2D eigenvalue weighted by Crippen LogP contribution is 2.38. The van der Waals surface area contributed by atoms with Gasteiger partial charge in [-0.3, -0.25) is 0 Å². The summed E-state index contributed by atoms with van der Waals surface area (Å²) in [5.41, 5.74) is 4.18. The number of benzene rings is 1. The zero-order valence-electron chi connectivity index (χ0n) is 14.0. The Balaban J connectivity index is 2.26. The fourth-order valence-electron chi connectivity index (χ4n) is 3.23. The molecule has 1 aliphatic heterocycles. The molecule has 0 atom stereocenters. The van der Waals surface area contributed by atoms with Crippen molar-refractivity contribution in [2.75, 3.05) is 0 Å². The average molecular weight is 333 g/mol. The molecule has 0 spiro atoms. The van der Waals surface area contributed by atoms with E-state index in [9.17, 15) is 20.4 Å². The smallest absolute Gasteiger partial charge is 0.432 e. The second kappa shape index (κ2) is 5.81. The summed E-state index contributed by atoms with van der Waals surface area (Å²) in [6.45, 7) is 5.33. The summed E-state index contributed by atoms with van der Waals surface area (Å²) in [4.78, 5) is 11.3. The van der Waals surface area contributed by atoms with Crippen molar-refractivity contribution in [2.24, 2.45) is 0 Å². The summed E-state index contributed by atoms with van der Waals surface area (Å²) in [5, 5.41) is 36.1. The third-order valence-electron chi connectivity index (χ3n) is 4.40. The maximum absolute atomic E-state index is 11.3. The number of aromatic nitrogens is 2. The molecule has 0 unspecified atom stereocenters. The Labute approximate surface area is 144 Å². The zero-order valence-corrected chi connectivity index (χ0v) is 14.0. The van der Waals surface area contributed by atoms with E-state index < -0.39 is 12.0 Å². The highest BCUT2D eigenvalue weighted by atomic mass is 16.4. The van der Waals surface area contributed by atoms with Gasteiger partial charge in [-0.15, -0.1) is 0 Å². The predicted octanol–water partition coefficient (Wildman–Crippen LogP) is 3.15. The number of nitrogens with zero attached hydrogens (tertiary/aromatic N) is 4. The molecule has 0 radical (unpaired) electrons. The van der Waals surface area contributed by atoms with Crippen LogP contribution < -0.4 is 5.32 Å². The van der Waals surface area contributed by atoms with Crippen molar-refractivity contribution in [3.05, 3.63) is 52.0 Å². The standard InChI is InChI=1S/C18H15N5O2/c1-9-14(7-19)17(15(8-20)10(2)21-9)12-4-5-16-13(6-12)11(3)22-23(16)18(24)25/h4-6,17,21H,1-3H3,(H,24,25). The van der Waals surface area contributed by atoms with Crippen LogP contribution in [-0.2, 0) is 0 Å². The van der Waals surface area contributed by atoms with Crippen molar-refractivity contribution in [3.63, 3.8) is 0 Å². The molecule has 0 saturated carbocycles. The van der Waals surface area contributed by atoms with E-state index in [1.54, 1.807) is 32.9 Å². The minimum absolute atomic E-state index is 0.473. The molecule has 2 aromatic rings. The van der Waals surface area contributed by atoms with E-state index in [2.05, 4.69) is 22.6 Å². The lowest BCUT2D eigenvalue weighted by molar-refractivity contribution is 0.194. The van der Waals surface area contributed by atoms with E-state index in [4.69, 9.17) is 0 Å². The monoisotopic (exact) mass is 333 g/mol. The Morgan fingerprint density at radius 3 is 2.32 bits per heavy atom. The van der Waals surface area contributed by atoms with Gasteiger partial charge in [-0.2, -0.15) is 20.3 Å². The van der Waals surface area contributed by atoms with Gasteiger partial charge in [-0.25, -0.2) is 4.79 Å². The zero-order chi connectivity index (χ0) is 18.3. The van der Waals surface area contributed by atoms with E-state index in [0.717, 1.165) is 10.2 Å². The van der Waals surface area contributed by atoms with Gasteiger partial charge in [0.25, 0.3) is 0 Å². The van der Waals surface area contributed by atoms with Crippen LogP contribution in [0.3, 0.4) is 0 Å². The largest absolute Gasteiger partial charge is 0.463 e. The second-order valence-electron chi connectivity index (χ2n) is 5.92. The number of nitriles is 2. The van der Waals surface area contributed by atoms with Gasteiger partial charge >= 0.3 is 6.09 Å². The molecule has 0 amide bonds. The Morgan fingerprint density at radius 1 is 1.20 bits per heavy atom. The molecule has 0 saturated heterocycles. The van der Waals surface area contributed by atoms with E-state index in [0.29, 0.717) is 39.1 Å². The van der Waals surface area contributed by atoms with Crippen molar-refractivity contribution in [1.82, 2.24) is 15.1 Å². The summed E-state index contributed by atoms with van der Waals surface area (Å²) in [5.74, 6) is -0.478. The molecule has 25 heavy (non-hydrogen) atoms. The lowest BCUT2D eigenvalue weighted by Crippen LogP contribution is -2.23. The van der Waals surface area contributed by atoms with Crippen LogP contribution in [0.4, 0.5) is 4.79 Å². The number of carboxylic acid groups (broad SMARTS) is 1. The molecule has 7 nitrogen and oxygen atoms in total. The van der Waals surface area contributed by atoms with Crippen molar-refractivity contribution in [1.29, 1.82) is 10.5 Å². The maximum atomic E-state index is 11.3. The van der Waals surface area contributed by atoms with Gasteiger partial charge in [0.15, 0.2) is 0 Å². The lowest BCUT2D eigenvalue weighted by atomic mass is 9.81. The molecule has 0 fully saturated rings. The first-order valence-electron chi connectivity index (χ1n) is 7.60. The Morgan fingerprint density at radius 2 is 1.80 bits per heavy atom. The van der Waals surface area contributed by atoms with Gasteiger partial charge in [0, 0.05) is 16.8 Å². The Bertz CT molecular complexity index is 1020. The number of allylic oxidation sites excluding steroid dienone is 4. The summed E-state index contributed by atoms with van der Waals surface area (Å²) < 4.78 is 0.926. The third kappa shape index (κ3) is 2.43. The second-order valence-corrected chi connectivity index (χ2v) is 5.92. The van der Waals surface area contributed by atoms with Gasteiger partial charge in [0.1, 0.15) is 0 Å². The molecular formula is C18H15N5O2. The van der Waals surface area contributed by atoms with Crippen molar-refractivity contribution >= 4 is 17.0 Å². The predicted molar refractivity (Wildman–Crippen MR) is 90.4 cm³/mol. The van der Waals surface area contributed by atoms with Gasteiger partial charge in [-0.1, -0.05) is 6.07 Å². The molecule has 124 valence electrons. The molecule has 7 heteroatoms. The highest BCUT2D eigenvalue weighted by molar-refractivity contribution is 5.89. The normalized spacial score (nSPS) is 15.1. The number of rotatable bonds is 1. The van der Waals surface area contributed by atoms with Gasteiger partial charge in [0.2, 0.25) is 0 Å². The number of dihydropyridines is 1. The molecule has 0 bridgehead atoms. The minimum atomic E-state index is -1.16. The van der Waals surface area contributed by atoms with E-state index in [1.165, 1.54) is 0 Å². The first kappa shape index (κ1) is 16.3. The van der Waals surface area contributed by atoms with Gasteiger partial charge in [0.05, 0.1) is 40.4 Å². The molecule has 2 heterocycles.